The number of alkyl halides is 4. The molecule has 4 rings (SSSR count). The van der Waals surface area contributed by atoms with Crippen LogP contribution in [0, 0.1) is 5.92 Å². The summed E-state index contributed by atoms with van der Waals surface area (Å²) >= 11 is 0. The number of hydrogen-bond acceptors (Lipinski definition) is 5. The van der Waals surface area contributed by atoms with Crippen LogP contribution in [0.5, 0.6) is 0 Å². The van der Waals surface area contributed by atoms with Crippen molar-refractivity contribution in [3.05, 3.63) is 16.4 Å². The van der Waals surface area contributed by atoms with Crippen molar-refractivity contribution < 1.29 is 22.3 Å². The number of anilines is 2. The molecule has 28 heavy (non-hydrogen) atoms. The van der Waals surface area contributed by atoms with Crippen molar-refractivity contribution >= 4 is 11.8 Å². The van der Waals surface area contributed by atoms with E-state index in [-0.39, 0.29) is 30.9 Å². The molecule has 1 aromatic heterocycles. The Bertz CT molecular complexity index is 780. The van der Waals surface area contributed by atoms with Crippen LogP contribution in [-0.2, 0) is 11.3 Å². The molecule has 10 heteroatoms. The highest BCUT2D eigenvalue weighted by Crippen LogP contribution is 2.39. The van der Waals surface area contributed by atoms with Crippen molar-refractivity contribution in [2.24, 2.45) is 5.92 Å². The molecule has 6 nitrogen and oxygen atoms in total. The number of nitrogens with zero attached hydrogens (tertiary/aromatic N) is 4. The molecule has 0 spiro atoms. The second-order valence-electron chi connectivity index (χ2n) is 7.87. The minimum atomic E-state index is -4.52. The summed E-state index contributed by atoms with van der Waals surface area (Å²) in [7, 11) is 0. The van der Waals surface area contributed by atoms with Crippen LogP contribution in [0.25, 0.3) is 0 Å². The highest BCUT2D eigenvalue weighted by molar-refractivity contribution is 5.47. The Morgan fingerprint density at radius 1 is 1.29 bits per heavy atom. The van der Waals surface area contributed by atoms with E-state index in [9.17, 15) is 22.4 Å². The third-order valence-corrected chi connectivity index (χ3v) is 5.78. The van der Waals surface area contributed by atoms with Crippen molar-refractivity contribution in [1.29, 1.82) is 0 Å². The number of ether oxygens (including phenoxy) is 1. The van der Waals surface area contributed by atoms with Crippen LogP contribution >= 0.6 is 0 Å². The molecule has 2 aliphatic heterocycles. The summed E-state index contributed by atoms with van der Waals surface area (Å²) in [6.45, 7) is 2.81. The van der Waals surface area contributed by atoms with Crippen LogP contribution in [-0.4, -0.2) is 60.3 Å². The van der Waals surface area contributed by atoms with E-state index in [4.69, 9.17) is 4.74 Å². The van der Waals surface area contributed by atoms with Gasteiger partial charge in [-0.15, -0.1) is 0 Å². The van der Waals surface area contributed by atoms with Crippen LogP contribution in [0.3, 0.4) is 0 Å². The van der Waals surface area contributed by atoms with Crippen LogP contribution in [0.4, 0.5) is 29.3 Å². The second-order valence-corrected chi connectivity index (χ2v) is 7.87. The molecule has 0 aromatic carbocycles. The van der Waals surface area contributed by atoms with Crippen LogP contribution in [0.1, 0.15) is 26.2 Å². The number of aromatic nitrogens is 2. The minimum Gasteiger partial charge on any atom is -0.377 e. The van der Waals surface area contributed by atoms with E-state index in [0.717, 1.165) is 4.90 Å². The molecule has 3 atom stereocenters. The van der Waals surface area contributed by atoms with E-state index in [1.54, 1.807) is 0 Å². The molecule has 3 unspecified atom stereocenters. The normalized spacial score (nSPS) is 26.9. The van der Waals surface area contributed by atoms with Gasteiger partial charge in [-0.2, -0.15) is 18.2 Å². The second kappa shape index (κ2) is 7.20. The summed E-state index contributed by atoms with van der Waals surface area (Å²) in [4.78, 5) is 19.9. The Balaban J connectivity index is 1.73. The van der Waals surface area contributed by atoms with E-state index in [1.165, 1.54) is 10.6 Å². The average molecular weight is 404 g/mol. The molecule has 0 bridgehead atoms. The van der Waals surface area contributed by atoms with Crippen LogP contribution < -0.4 is 15.4 Å². The van der Waals surface area contributed by atoms with Gasteiger partial charge in [-0.3, -0.25) is 9.36 Å². The van der Waals surface area contributed by atoms with Gasteiger partial charge in [0.1, 0.15) is 18.0 Å². The van der Waals surface area contributed by atoms with E-state index in [0.29, 0.717) is 38.4 Å². The fourth-order valence-corrected chi connectivity index (χ4v) is 4.02. The standard InChI is InChI=1S/C18H24F4N4O2/c1-11-10-28-7-6-24(11)15-8-16(27)25-5-4-14(18(20,21)22)26(17(25)23-15)9-13(19)12-2-3-12/h8,11-14H,2-7,9-10H2,1H3. The molecule has 2 fully saturated rings. The van der Waals surface area contributed by atoms with E-state index in [2.05, 4.69) is 4.98 Å². The zero-order chi connectivity index (χ0) is 20.1. The van der Waals surface area contributed by atoms with Crippen molar-refractivity contribution in [3.63, 3.8) is 0 Å². The Hall–Kier alpha value is -1.84. The number of rotatable bonds is 4. The predicted octanol–water partition coefficient (Wildman–Crippen LogP) is 2.36. The molecule has 0 N–H and O–H groups in total. The van der Waals surface area contributed by atoms with Gasteiger partial charge >= 0.3 is 6.18 Å². The van der Waals surface area contributed by atoms with Gasteiger partial charge in [0, 0.05) is 19.2 Å². The summed E-state index contributed by atoms with van der Waals surface area (Å²) in [5.41, 5.74) is -0.411. The molecule has 1 aliphatic carbocycles. The first-order valence-corrected chi connectivity index (χ1v) is 9.69. The lowest BCUT2D eigenvalue weighted by atomic mass is 10.1. The van der Waals surface area contributed by atoms with Gasteiger partial charge in [-0.1, -0.05) is 0 Å². The minimum absolute atomic E-state index is 0.0560. The predicted molar refractivity (Wildman–Crippen MR) is 95.6 cm³/mol. The summed E-state index contributed by atoms with van der Waals surface area (Å²) in [5, 5.41) is 0. The van der Waals surface area contributed by atoms with Crippen molar-refractivity contribution in [3.8, 4) is 0 Å². The fourth-order valence-electron chi connectivity index (χ4n) is 4.02. The summed E-state index contributed by atoms with van der Waals surface area (Å²) in [5.74, 6) is 0.0400. The van der Waals surface area contributed by atoms with Gasteiger partial charge in [0.2, 0.25) is 5.95 Å². The molecular weight excluding hydrogens is 380 g/mol. The van der Waals surface area contributed by atoms with Gasteiger partial charge in [0.15, 0.2) is 0 Å². The number of halogens is 4. The third-order valence-electron chi connectivity index (χ3n) is 5.78. The molecule has 156 valence electrons. The molecule has 3 heterocycles. The highest BCUT2D eigenvalue weighted by atomic mass is 19.4. The van der Waals surface area contributed by atoms with Crippen molar-refractivity contribution in [1.82, 2.24) is 9.55 Å². The first kappa shape index (κ1) is 19.5. The molecule has 1 saturated heterocycles. The molecule has 1 saturated carbocycles. The van der Waals surface area contributed by atoms with Crippen molar-refractivity contribution in [2.75, 3.05) is 36.1 Å². The smallest absolute Gasteiger partial charge is 0.377 e. The first-order valence-electron chi connectivity index (χ1n) is 9.69. The molecular formula is C18H24F4N4O2. The van der Waals surface area contributed by atoms with Crippen molar-refractivity contribution in [2.45, 2.75) is 57.2 Å². The Morgan fingerprint density at radius 3 is 2.68 bits per heavy atom. The Kier molecular flexibility index (Phi) is 5.01. The van der Waals surface area contributed by atoms with Gasteiger partial charge in [-0.25, -0.2) is 4.39 Å². The molecule has 1 aromatic rings. The highest BCUT2D eigenvalue weighted by Gasteiger charge is 2.48. The monoisotopic (exact) mass is 404 g/mol. The van der Waals surface area contributed by atoms with Gasteiger partial charge in [-0.05, 0) is 32.1 Å². The average Bonchev–Trinajstić information content (AvgIpc) is 3.46. The largest absolute Gasteiger partial charge is 0.408 e. The van der Waals surface area contributed by atoms with Crippen LogP contribution in [0.2, 0.25) is 0 Å². The van der Waals surface area contributed by atoms with E-state index >= 15 is 0 Å². The number of fused-ring (bicyclic) bond motifs is 1. The summed E-state index contributed by atoms with van der Waals surface area (Å²) < 4.78 is 62.1. The number of morpholine rings is 1. The molecule has 3 aliphatic rings. The first-order chi connectivity index (χ1) is 13.3. The van der Waals surface area contributed by atoms with Gasteiger partial charge in [0.25, 0.3) is 5.56 Å². The lowest BCUT2D eigenvalue weighted by Gasteiger charge is -2.41. The lowest BCUT2D eigenvalue weighted by molar-refractivity contribution is -0.153. The Morgan fingerprint density at radius 2 is 2.04 bits per heavy atom. The quantitative estimate of drug-likeness (QED) is 0.722. The summed E-state index contributed by atoms with van der Waals surface area (Å²) in [6, 6.07) is -0.543. The zero-order valence-corrected chi connectivity index (χ0v) is 15.7. The third kappa shape index (κ3) is 3.70. The van der Waals surface area contributed by atoms with Gasteiger partial charge < -0.3 is 14.5 Å². The lowest BCUT2D eigenvalue weighted by Crippen LogP contribution is -2.54. The topological polar surface area (TPSA) is 50.6 Å². The molecule has 0 radical (unpaired) electrons. The molecule has 0 amide bonds. The number of hydrogen-bond donors (Lipinski definition) is 0. The van der Waals surface area contributed by atoms with Gasteiger partial charge in [0.05, 0.1) is 25.8 Å². The maximum atomic E-state index is 14.5. The van der Waals surface area contributed by atoms with E-state index in [1.807, 2.05) is 11.8 Å². The van der Waals surface area contributed by atoms with Crippen LogP contribution in [0.15, 0.2) is 10.9 Å². The SMILES string of the molecule is CC1COCCN1c1cc(=O)n2c(n1)N(CC(F)C1CC1)C(C(F)(F)F)CC2. The fraction of sp³-hybridized carbons (Fsp3) is 0.778. The maximum Gasteiger partial charge on any atom is 0.408 e. The maximum absolute atomic E-state index is 14.5. The zero-order valence-electron chi connectivity index (χ0n) is 15.7. The van der Waals surface area contributed by atoms with E-state index < -0.39 is 30.5 Å². The Labute approximate surface area is 160 Å². The summed E-state index contributed by atoms with van der Waals surface area (Å²) in [6.07, 6.45) is -4.79.